The fourth-order valence-corrected chi connectivity index (χ4v) is 2.20. The van der Waals surface area contributed by atoms with Gasteiger partial charge < -0.3 is 24.1 Å². The van der Waals surface area contributed by atoms with E-state index in [1.165, 1.54) is 21.3 Å². The number of hydrogen-bond acceptors (Lipinski definition) is 6. The van der Waals surface area contributed by atoms with E-state index in [0.717, 1.165) is 16.3 Å². The first-order chi connectivity index (χ1) is 8.45. The highest BCUT2D eigenvalue weighted by Gasteiger charge is 2.43. The van der Waals surface area contributed by atoms with Crippen molar-refractivity contribution in [2.24, 2.45) is 0 Å². The second-order valence-electron chi connectivity index (χ2n) is 3.24. The Kier molecular flexibility index (Phi) is 7.44. The van der Waals surface area contributed by atoms with Gasteiger partial charge in [0.1, 0.15) is 6.10 Å². The van der Waals surface area contributed by atoms with Gasteiger partial charge in [0.2, 0.25) is 0 Å². The molecule has 0 heterocycles. The Hall–Kier alpha value is -1.22. The summed E-state index contributed by atoms with van der Waals surface area (Å²) >= 11 is 0. The van der Waals surface area contributed by atoms with Crippen molar-refractivity contribution in [2.45, 2.75) is 18.1 Å². The Morgan fingerprint density at radius 1 is 1.28 bits per heavy atom. The zero-order chi connectivity index (χ0) is 14.2. The SMILES string of the molecule is COC(C[SiH3])C(OC)(OC)OC(=O)/C=C\C(=O)O. The van der Waals surface area contributed by atoms with Crippen molar-refractivity contribution in [1.29, 1.82) is 0 Å². The van der Waals surface area contributed by atoms with Crippen LogP contribution in [-0.2, 0) is 28.5 Å². The van der Waals surface area contributed by atoms with E-state index in [4.69, 9.17) is 24.1 Å². The first-order valence-electron chi connectivity index (χ1n) is 5.22. The summed E-state index contributed by atoms with van der Waals surface area (Å²) in [5.41, 5.74) is 0. The lowest BCUT2D eigenvalue weighted by Gasteiger charge is -2.34. The minimum Gasteiger partial charge on any atom is -0.478 e. The van der Waals surface area contributed by atoms with Gasteiger partial charge in [-0.05, 0) is 6.04 Å². The van der Waals surface area contributed by atoms with Gasteiger partial charge in [-0.15, -0.1) is 0 Å². The fraction of sp³-hybridized carbons (Fsp3) is 0.600. The third kappa shape index (κ3) is 4.57. The summed E-state index contributed by atoms with van der Waals surface area (Å²) in [5, 5.41) is 8.40. The van der Waals surface area contributed by atoms with E-state index in [9.17, 15) is 9.59 Å². The van der Waals surface area contributed by atoms with Gasteiger partial charge in [-0.2, -0.15) is 0 Å². The van der Waals surface area contributed by atoms with Crippen molar-refractivity contribution in [2.75, 3.05) is 21.3 Å². The topological polar surface area (TPSA) is 91.3 Å². The van der Waals surface area contributed by atoms with E-state index < -0.39 is 24.0 Å². The molecule has 8 heteroatoms. The molecule has 0 fully saturated rings. The highest BCUT2D eigenvalue weighted by Crippen LogP contribution is 2.23. The molecule has 0 aliphatic rings. The maximum absolute atomic E-state index is 11.4. The largest absolute Gasteiger partial charge is 0.478 e. The zero-order valence-electron chi connectivity index (χ0n) is 10.8. The van der Waals surface area contributed by atoms with Crippen molar-refractivity contribution in [3.63, 3.8) is 0 Å². The predicted octanol–water partition coefficient (Wildman–Crippen LogP) is -1.08. The average molecular weight is 278 g/mol. The molecule has 0 radical (unpaired) electrons. The van der Waals surface area contributed by atoms with Gasteiger partial charge >= 0.3 is 17.9 Å². The lowest BCUT2D eigenvalue weighted by atomic mass is 10.3. The molecule has 0 aromatic heterocycles. The van der Waals surface area contributed by atoms with Crippen LogP contribution in [0.5, 0.6) is 0 Å². The number of carbonyl (C=O) groups is 2. The number of aliphatic carboxylic acids is 1. The lowest BCUT2D eigenvalue weighted by Crippen LogP contribution is -2.50. The van der Waals surface area contributed by atoms with Crippen LogP contribution in [0.1, 0.15) is 0 Å². The molecule has 0 rings (SSSR count). The van der Waals surface area contributed by atoms with Gasteiger partial charge in [0.05, 0.1) is 0 Å². The van der Waals surface area contributed by atoms with Gasteiger partial charge in [0.25, 0.3) is 0 Å². The molecule has 7 nitrogen and oxygen atoms in total. The molecule has 0 aromatic rings. The molecular formula is C10H18O7Si. The van der Waals surface area contributed by atoms with Crippen LogP contribution >= 0.6 is 0 Å². The molecule has 18 heavy (non-hydrogen) atoms. The zero-order valence-corrected chi connectivity index (χ0v) is 12.8. The van der Waals surface area contributed by atoms with Gasteiger partial charge in [-0.3, -0.25) is 0 Å². The van der Waals surface area contributed by atoms with E-state index in [1.807, 2.05) is 0 Å². The van der Waals surface area contributed by atoms with E-state index >= 15 is 0 Å². The molecule has 1 unspecified atom stereocenters. The van der Waals surface area contributed by atoms with Crippen molar-refractivity contribution < 1.29 is 33.6 Å². The van der Waals surface area contributed by atoms with E-state index in [-0.39, 0.29) is 0 Å². The second-order valence-corrected chi connectivity index (χ2v) is 4.05. The average Bonchev–Trinajstić information content (AvgIpc) is 2.36. The summed E-state index contributed by atoms with van der Waals surface area (Å²) in [6, 6.07) is 0.605. The number of rotatable bonds is 8. The number of carboxylic acid groups (broad SMARTS) is 1. The molecule has 0 bridgehead atoms. The smallest absolute Gasteiger partial charge is 0.356 e. The molecule has 104 valence electrons. The number of hydrogen-bond donors (Lipinski definition) is 1. The van der Waals surface area contributed by atoms with Gasteiger partial charge in [-0.1, -0.05) is 0 Å². The van der Waals surface area contributed by atoms with E-state index in [2.05, 4.69) is 0 Å². The van der Waals surface area contributed by atoms with Crippen molar-refractivity contribution in [3.05, 3.63) is 12.2 Å². The standard InChI is InChI=1S/C10H18O7Si/c1-14-7(6-18)10(15-2,16-3)17-9(13)5-4-8(11)12/h4-5,7H,6H2,1-3,18H3,(H,11,12)/b5-4-. The number of carboxylic acids is 1. The molecule has 0 aromatic carbocycles. The van der Waals surface area contributed by atoms with Crippen LogP contribution in [0.25, 0.3) is 0 Å². The van der Waals surface area contributed by atoms with Gasteiger partial charge in [-0.25, -0.2) is 9.59 Å². The number of esters is 1. The summed E-state index contributed by atoms with van der Waals surface area (Å²) in [6.07, 6.45) is 0.858. The van der Waals surface area contributed by atoms with E-state index in [0.29, 0.717) is 12.1 Å². The van der Waals surface area contributed by atoms with Crippen LogP contribution in [0.15, 0.2) is 12.2 Å². The van der Waals surface area contributed by atoms with Crippen molar-refractivity contribution >= 4 is 22.2 Å². The highest BCUT2D eigenvalue weighted by atomic mass is 28.1. The maximum atomic E-state index is 11.4. The monoisotopic (exact) mass is 278 g/mol. The second kappa shape index (κ2) is 7.98. The number of carbonyl (C=O) groups excluding carboxylic acids is 1. The molecule has 0 aliphatic carbocycles. The van der Waals surface area contributed by atoms with Crippen LogP contribution in [0.2, 0.25) is 6.04 Å². The van der Waals surface area contributed by atoms with E-state index in [1.54, 1.807) is 0 Å². The first kappa shape index (κ1) is 16.8. The Labute approximate surface area is 108 Å². The molecule has 1 N–H and O–H groups in total. The van der Waals surface area contributed by atoms with Crippen LogP contribution in [0.4, 0.5) is 0 Å². The molecule has 0 saturated carbocycles. The van der Waals surface area contributed by atoms with Gasteiger partial charge in [0, 0.05) is 43.7 Å². The summed E-state index contributed by atoms with van der Waals surface area (Å²) in [5.74, 6) is -3.81. The summed E-state index contributed by atoms with van der Waals surface area (Å²) in [7, 11) is 4.84. The predicted molar refractivity (Wildman–Crippen MR) is 65.2 cm³/mol. The third-order valence-electron chi connectivity index (χ3n) is 2.22. The quantitative estimate of drug-likeness (QED) is 0.261. The molecule has 0 saturated heterocycles. The molecule has 0 spiro atoms. The summed E-state index contributed by atoms with van der Waals surface area (Å²) < 4.78 is 20.3. The van der Waals surface area contributed by atoms with Crippen LogP contribution in [0.3, 0.4) is 0 Å². The Bertz CT molecular complexity index is 307. The van der Waals surface area contributed by atoms with Crippen LogP contribution in [0, 0.1) is 0 Å². The molecular weight excluding hydrogens is 260 g/mol. The summed E-state index contributed by atoms with van der Waals surface area (Å²) in [4.78, 5) is 21.7. The Balaban J connectivity index is 4.90. The minimum atomic E-state index is -1.67. The molecule has 0 amide bonds. The lowest BCUT2D eigenvalue weighted by molar-refractivity contribution is -0.377. The Morgan fingerprint density at radius 2 is 1.83 bits per heavy atom. The molecule has 1 atom stereocenters. The van der Waals surface area contributed by atoms with Gasteiger partial charge in [0.15, 0.2) is 0 Å². The van der Waals surface area contributed by atoms with Crippen LogP contribution < -0.4 is 0 Å². The van der Waals surface area contributed by atoms with Crippen LogP contribution in [-0.4, -0.2) is 60.7 Å². The van der Waals surface area contributed by atoms with Crippen molar-refractivity contribution in [3.8, 4) is 0 Å². The molecule has 0 aliphatic heterocycles. The Morgan fingerprint density at radius 3 is 2.17 bits per heavy atom. The number of methoxy groups -OCH3 is 3. The van der Waals surface area contributed by atoms with Crippen molar-refractivity contribution in [1.82, 2.24) is 0 Å². The normalized spacial score (nSPS) is 13.7. The number of ether oxygens (including phenoxy) is 4. The summed E-state index contributed by atoms with van der Waals surface area (Å²) in [6.45, 7) is 0. The third-order valence-corrected chi connectivity index (χ3v) is 2.97. The minimum absolute atomic E-state index is 0.582. The first-order valence-corrected chi connectivity index (χ1v) is 6.64. The maximum Gasteiger partial charge on any atom is 0.356 e. The highest BCUT2D eigenvalue weighted by molar-refractivity contribution is 6.08. The fourth-order valence-electron chi connectivity index (χ4n) is 1.37.